The van der Waals surface area contributed by atoms with E-state index < -0.39 is 6.10 Å². The van der Waals surface area contributed by atoms with E-state index in [0.29, 0.717) is 6.61 Å². The van der Waals surface area contributed by atoms with E-state index in [2.05, 4.69) is 10.6 Å². The van der Waals surface area contributed by atoms with Gasteiger partial charge < -0.3 is 25.2 Å². The minimum Gasteiger partial charge on any atom is -0.486 e. The predicted molar refractivity (Wildman–Crippen MR) is 98.1 cm³/mol. The number of aliphatic hydroxyl groups is 1. The monoisotopic (exact) mass is 342 g/mol. The van der Waals surface area contributed by atoms with Gasteiger partial charge in [0.2, 0.25) is 0 Å². The van der Waals surface area contributed by atoms with Crippen molar-refractivity contribution in [1.82, 2.24) is 10.6 Å². The Hall–Kier alpha value is -2.08. The van der Waals surface area contributed by atoms with Crippen LogP contribution in [-0.2, 0) is 0 Å². The van der Waals surface area contributed by atoms with Gasteiger partial charge in [0.1, 0.15) is 12.7 Å². The van der Waals surface area contributed by atoms with Crippen molar-refractivity contribution >= 4 is 0 Å². The first-order valence-electron chi connectivity index (χ1n) is 8.79. The fraction of sp³-hybridized carbons (Fsp3) is 0.400. The van der Waals surface area contributed by atoms with Crippen molar-refractivity contribution < 1.29 is 14.6 Å². The molecule has 3 rings (SSSR count). The first-order chi connectivity index (χ1) is 12.2. The van der Waals surface area contributed by atoms with Gasteiger partial charge in [-0.2, -0.15) is 0 Å². The van der Waals surface area contributed by atoms with Crippen molar-refractivity contribution in [3.8, 4) is 11.5 Å². The van der Waals surface area contributed by atoms with E-state index in [1.807, 2.05) is 61.5 Å². The molecule has 0 aliphatic carbocycles. The van der Waals surface area contributed by atoms with Gasteiger partial charge in [0.15, 0.2) is 11.5 Å². The highest BCUT2D eigenvalue weighted by Crippen LogP contribution is 2.30. The van der Waals surface area contributed by atoms with Gasteiger partial charge in [-0.25, -0.2) is 0 Å². The lowest BCUT2D eigenvalue weighted by Crippen LogP contribution is -2.42. The van der Waals surface area contributed by atoms with Crippen LogP contribution in [0.25, 0.3) is 0 Å². The SMILES string of the molecule is CC(NCCNCC1COc2ccccc2O1)C(O)c1ccccc1. The van der Waals surface area contributed by atoms with Gasteiger partial charge in [-0.1, -0.05) is 42.5 Å². The van der Waals surface area contributed by atoms with Gasteiger partial charge in [-0.15, -0.1) is 0 Å². The van der Waals surface area contributed by atoms with E-state index in [4.69, 9.17) is 9.47 Å². The topological polar surface area (TPSA) is 62.8 Å². The summed E-state index contributed by atoms with van der Waals surface area (Å²) in [5.41, 5.74) is 0.932. The van der Waals surface area contributed by atoms with Gasteiger partial charge in [-0.3, -0.25) is 0 Å². The third kappa shape index (κ3) is 4.95. The number of fused-ring (bicyclic) bond motifs is 1. The number of nitrogens with one attached hydrogen (secondary N) is 2. The minimum absolute atomic E-state index is 0.00894. The summed E-state index contributed by atoms with van der Waals surface area (Å²) in [6, 6.07) is 17.4. The largest absolute Gasteiger partial charge is 0.486 e. The number of rotatable bonds is 8. The quantitative estimate of drug-likeness (QED) is 0.642. The molecule has 2 aromatic carbocycles. The van der Waals surface area contributed by atoms with E-state index in [1.165, 1.54) is 0 Å². The molecule has 0 radical (unpaired) electrons. The van der Waals surface area contributed by atoms with E-state index in [1.54, 1.807) is 0 Å². The second kappa shape index (κ2) is 8.85. The van der Waals surface area contributed by atoms with Crippen molar-refractivity contribution in [2.75, 3.05) is 26.2 Å². The molecule has 0 amide bonds. The fourth-order valence-corrected chi connectivity index (χ4v) is 2.87. The summed E-state index contributed by atoms with van der Waals surface area (Å²) < 4.78 is 11.6. The van der Waals surface area contributed by atoms with E-state index >= 15 is 0 Å². The van der Waals surface area contributed by atoms with Crippen LogP contribution in [0.2, 0.25) is 0 Å². The lowest BCUT2D eigenvalue weighted by Gasteiger charge is -2.26. The number of hydrogen-bond acceptors (Lipinski definition) is 5. The molecule has 134 valence electrons. The summed E-state index contributed by atoms with van der Waals surface area (Å²) in [5, 5.41) is 17.0. The van der Waals surface area contributed by atoms with Gasteiger partial charge >= 0.3 is 0 Å². The average Bonchev–Trinajstić information content (AvgIpc) is 2.67. The van der Waals surface area contributed by atoms with Crippen LogP contribution in [0.4, 0.5) is 0 Å². The fourth-order valence-electron chi connectivity index (χ4n) is 2.87. The maximum absolute atomic E-state index is 10.3. The van der Waals surface area contributed by atoms with Crippen molar-refractivity contribution in [2.24, 2.45) is 0 Å². The molecule has 1 heterocycles. The predicted octanol–water partition coefficient (Wildman–Crippen LogP) is 2.13. The maximum Gasteiger partial charge on any atom is 0.161 e. The highest BCUT2D eigenvalue weighted by Gasteiger charge is 2.20. The molecule has 3 unspecified atom stereocenters. The van der Waals surface area contributed by atoms with E-state index in [9.17, 15) is 5.11 Å². The van der Waals surface area contributed by atoms with Crippen molar-refractivity contribution in [3.05, 3.63) is 60.2 Å². The standard InChI is InChI=1S/C20H26N2O3/c1-15(20(23)16-7-3-2-4-8-16)22-12-11-21-13-17-14-24-18-9-5-6-10-19(18)25-17/h2-10,15,17,20-23H,11-14H2,1H3. The molecule has 3 N–H and O–H groups in total. The third-order valence-corrected chi connectivity index (χ3v) is 4.32. The van der Waals surface area contributed by atoms with Gasteiger partial charge in [0.05, 0.1) is 6.10 Å². The molecule has 0 aromatic heterocycles. The van der Waals surface area contributed by atoms with Crippen molar-refractivity contribution in [2.45, 2.75) is 25.2 Å². The zero-order valence-electron chi connectivity index (χ0n) is 14.5. The minimum atomic E-state index is -0.507. The molecule has 0 saturated carbocycles. The molecule has 1 aliphatic heterocycles. The first kappa shape index (κ1) is 17.7. The summed E-state index contributed by atoms with van der Waals surface area (Å²) in [6.45, 7) is 4.85. The zero-order valence-corrected chi connectivity index (χ0v) is 14.5. The van der Waals surface area contributed by atoms with Crippen molar-refractivity contribution in [3.63, 3.8) is 0 Å². The molecule has 0 saturated heterocycles. The smallest absolute Gasteiger partial charge is 0.161 e. The van der Waals surface area contributed by atoms with E-state index in [-0.39, 0.29) is 12.1 Å². The molecule has 5 heteroatoms. The Morgan fingerprint density at radius 2 is 1.76 bits per heavy atom. The highest BCUT2D eigenvalue weighted by atomic mass is 16.6. The normalized spacial score (nSPS) is 18.6. The van der Waals surface area contributed by atoms with Crippen LogP contribution in [0.3, 0.4) is 0 Å². The summed E-state index contributed by atoms with van der Waals surface area (Å²) >= 11 is 0. The second-order valence-electron chi connectivity index (χ2n) is 6.30. The number of benzene rings is 2. The molecule has 3 atom stereocenters. The van der Waals surface area contributed by atoms with E-state index in [0.717, 1.165) is 36.7 Å². The maximum atomic E-state index is 10.3. The summed E-state index contributed by atoms with van der Waals surface area (Å²) in [7, 11) is 0. The summed E-state index contributed by atoms with van der Waals surface area (Å²) in [5.74, 6) is 1.61. The molecular weight excluding hydrogens is 316 g/mol. The van der Waals surface area contributed by atoms with Crippen LogP contribution in [-0.4, -0.2) is 43.5 Å². The van der Waals surface area contributed by atoms with Gasteiger partial charge in [0.25, 0.3) is 0 Å². The van der Waals surface area contributed by atoms with Crippen LogP contribution in [0.5, 0.6) is 11.5 Å². The highest BCUT2D eigenvalue weighted by molar-refractivity contribution is 5.40. The molecule has 5 nitrogen and oxygen atoms in total. The molecule has 0 bridgehead atoms. The van der Waals surface area contributed by atoms with Crippen LogP contribution >= 0.6 is 0 Å². The Labute approximate surface area is 149 Å². The van der Waals surface area contributed by atoms with Crippen LogP contribution in [0, 0.1) is 0 Å². The third-order valence-electron chi connectivity index (χ3n) is 4.32. The molecule has 0 fully saturated rings. The first-order valence-corrected chi connectivity index (χ1v) is 8.79. The molecule has 2 aromatic rings. The molecule has 0 spiro atoms. The number of ether oxygens (including phenoxy) is 2. The second-order valence-corrected chi connectivity index (χ2v) is 6.30. The Balaban J connectivity index is 1.33. The number of aliphatic hydroxyl groups excluding tert-OH is 1. The lowest BCUT2D eigenvalue weighted by atomic mass is 10.0. The number of para-hydroxylation sites is 2. The van der Waals surface area contributed by atoms with Gasteiger partial charge in [-0.05, 0) is 24.6 Å². The zero-order chi connectivity index (χ0) is 17.5. The number of hydrogen-bond donors (Lipinski definition) is 3. The Morgan fingerprint density at radius 3 is 2.56 bits per heavy atom. The summed E-state index contributed by atoms with van der Waals surface area (Å²) in [6.07, 6.45) is -0.491. The average molecular weight is 342 g/mol. The van der Waals surface area contributed by atoms with Crippen LogP contribution in [0.1, 0.15) is 18.6 Å². The lowest BCUT2D eigenvalue weighted by molar-refractivity contribution is 0.0903. The van der Waals surface area contributed by atoms with Crippen LogP contribution in [0.15, 0.2) is 54.6 Å². The molecule has 1 aliphatic rings. The Kier molecular flexibility index (Phi) is 6.28. The summed E-state index contributed by atoms with van der Waals surface area (Å²) in [4.78, 5) is 0. The van der Waals surface area contributed by atoms with Crippen molar-refractivity contribution in [1.29, 1.82) is 0 Å². The Bertz CT molecular complexity index is 646. The molecule has 25 heavy (non-hydrogen) atoms. The van der Waals surface area contributed by atoms with Gasteiger partial charge in [0, 0.05) is 25.7 Å². The van der Waals surface area contributed by atoms with Crippen LogP contribution < -0.4 is 20.1 Å². The molecular formula is C20H26N2O3. The Morgan fingerprint density at radius 1 is 1.04 bits per heavy atom.